The average Bonchev–Trinajstić information content (AvgIpc) is 2.76. The Balaban J connectivity index is 2.17. The molecule has 0 radical (unpaired) electrons. The second-order valence-corrected chi connectivity index (χ2v) is 6.76. The number of hydrogen-bond acceptors (Lipinski definition) is 3. The van der Waals surface area contributed by atoms with Crippen molar-refractivity contribution in [1.29, 1.82) is 0 Å². The van der Waals surface area contributed by atoms with Crippen LogP contribution in [-0.2, 0) is 0 Å². The maximum absolute atomic E-state index is 4.89. The van der Waals surface area contributed by atoms with Gasteiger partial charge >= 0.3 is 0 Å². The molecule has 1 N–H and O–H groups in total. The van der Waals surface area contributed by atoms with Crippen LogP contribution in [0.3, 0.4) is 0 Å². The molecule has 3 heterocycles. The van der Waals surface area contributed by atoms with E-state index < -0.39 is 0 Å². The van der Waals surface area contributed by atoms with E-state index in [4.69, 9.17) is 4.98 Å². The first kappa shape index (κ1) is 13.6. The van der Waals surface area contributed by atoms with Crippen LogP contribution in [-0.4, -0.2) is 21.1 Å². The zero-order valence-electron chi connectivity index (χ0n) is 12.8. The Labute approximate surface area is 120 Å². The van der Waals surface area contributed by atoms with Gasteiger partial charge in [0.1, 0.15) is 11.3 Å². The number of nitrogens with zero attached hydrogens (tertiary/aromatic N) is 3. The molecule has 108 valence electrons. The highest BCUT2D eigenvalue weighted by Crippen LogP contribution is 2.41. The Morgan fingerprint density at radius 1 is 1.40 bits per heavy atom. The van der Waals surface area contributed by atoms with Crippen molar-refractivity contribution in [2.24, 2.45) is 5.41 Å². The molecule has 2 aromatic rings. The van der Waals surface area contributed by atoms with E-state index in [1.807, 2.05) is 12.3 Å². The first-order valence-electron chi connectivity index (χ1n) is 7.57. The van der Waals surface area contributed by atoms with Crippen LogP contribution in [0.2, 0.25) is 0 Å². The van der Waals surface area contributed by atoms with Crippen LogP contribution >= 0.6 is 0 Å². The standard InChI is InChI=1S/C16H24N4/c1-11(2)20-14-12(7-5-9-18-14)19-15(20)13-16(3,4)8-6-10-17-13/h5,7,9,11,13,17H,6,8,10H2,1-4H3. The van der Waals surface area contributed by atoms with E-state index in [-0.39, 0.29) is 5.41 Å². The Hall–Kier alpha value is -1.42. The zero-order valence-corrected chi connectivity index (χ0v) is 12.8. The van der Waals surface area contributed by atoms with Crippen molar-refractivity contribution in [2.75, 3.05) is 6.54 Å². The van der Waals surface area contributed by atoms with Crippen molar-refractivity contribution in [2.45, 2.75) is 52.6 Å². The molecule has 0 spiro atoms. The highest BCUT2D eigenvalue weighted by molar-refractivity contribution is 5.71. The highest BCUT2D eigenvalue weighted by atomic mass is 15.2. The molecule has 1 fully saturated rings. The third kappa shape index (κ3) is 2.12. The van der Waals surface area contributed by atoms with Gasteiger partial charge in [0, 0.05) is 12.2 Å². The summed E-state index contributed by atoms with van der Waals surface area (Å²) >= 11 is 0. The van der Waals surface area contributed by atoms with Crippen LogP contribution in [0.5, 0.6) is 0 Å². The van der Waals surface area contributed by atoms with E-state index in [1.54, 1.807) is 0 Å². The molecule has 20 heavy (non-hydrogen) atoms. The normalized spacial score (nSPS) is 22.6. The molecule has 0 saturated carbocycles. The second kappa shape index (κ2) is 4.85. The van der Waals surface area contributed by atoms with Crippen molar-refractivity contribution in [3.63, 3.8) is 0 Å². The molecular formula is C16H24N4. The Morgan fingerprint density at radius 2 is 2.20 bits per heavy atom. The predicted molar refractivity (Wildman–Crippen MR) is 81.7 cm³/mol. The molecule has 0 bridgehead atoms. The molecule has 1 saturated heterocycles. The monoisotopic (exact) mass is 272 g/mol. The molecule has 4 nitrogen and oxygen atoms in total. The zero-order chi connectivity index (χ0) is 14.3. The minimum absolute atomic E-state index is 0.228. The molecule has 1 aliphatic heterocycles. The van der Waals surface area contributed by atoms with Gasteiger partial charge in [0.2, 0.25) is 0 Å². The Morgan fingerprint density at radius 3 is 2.90 bits per heavy atom. The van der Waals surface area contributed by atoms with E-state index in [0.717, 1.165) is 23.5 Å². The number of hydrogen-bond donors (Lipinski definition) is 1. The minimum atomic E-state index is 0.228. The van der Waals surface area contributed by atoms with Gasteiger partial charge in [0.15, 0.2) is 5.65 Å². The number of aromatic nitrogens is 3. The lowest BCUT2D eigenvalue weighted by Crippen LogP contribution is -2.41. The van der Waals surface area contributed by atoms with Gasteiger partial charge in [-0.3, -0.25) is 0 Å². The van der Waals surface area contributed by atoms with Crippen LogP contribution in [0.4, 0.5) is 0 Å². The molecule has 3 rings (SSSR count). The van der Waals surface area contributed by atoms with E-state index >= 15 is 0 Å². The molecular weight excluding hydrogens is 248 g/mol. The number of rotatable bonds is 2. The third-order valence-corrected chi connectivity index (χ3v) is 4.38. The molecule has 1 aliphatic rings. The Kier molecular flexibility index (Phi) is 3.28. The topological polar surface area (TPSA) is 42.7 Å². The molecule has 0 aliphatic carbocycles. The van der Waals surface area contributed by atoms with Gasteiger partial charge in [-0.15, -0.1) is 0 Å². The van der Waals surface area contributed by atoms with Crippen LogP contribution in [0, 0.1) is 5.41 Å². The summed E-state index contributed by atoms with van der Waals surface area (Å²) in [6, 6.07) is 4.68. The fourth-order valence-corrected chi connectivity index (χ4v) is 3.31. The van der Waals surface area contributed by atoms with E-state index in [1.165, 1.54) is 12.8 Å². The van der Waals surface area contributed by atoms with Gasteiger partial charge in [-0.2, -0.15) is 0 Å². The molecule has 1 unspecified atom stereocenters. The number of imidazole rings is 1. The first-order chi connectivity index (χ1) is 9.50. The maximum atomic E-state index is 4.89. The fourth-order valence-electron chi connectivity index (χ4n) is 3.31. The molecule has 2 aromatic heterocycles. The fraction of sp³-hybridized carbons (Fsp3) is 0.625. The molecule has 4 heteroatoms. The van der Waals surface area contributed by atoms with E-state index in [0.29, 0.717) is 12.1 Å². The van der Waals surface area contributed by atoms with Crippen molar-refractivity contribution < 1.29 is 0 Å². The van der Waals surface area contributed by atoms with Crippen LogP contribution in [0.25, 0.3) is 11.2 Å². The summed E-state index contributed by atoms with van der Waals surface area (Å²) < 4.78 is 2.29. The Bertz CT molecular complexity index is 612. The lowest BCUT2D eigenvalue weighted by Gasteiger charge is -2.39. The third-order valence-electron chi connectivity index (χ3n) is 4.38. The highest BCUT2D eigenvalue weighted by Gasteiger charge is 2.37. The number of piperidine rings is 1. The lowest BCUT2D eigenvalue weighted by molar-refractivity contribution is 0.169. The van der Waals surface area contributed by atoms with Gasteiger partial charge < -0.3 is 9.88 Å². The second-order valence-electron chi connectivity index (χ2n) is 6.76. The summed E-state index contributed by atoms with van der Waals surface area (Å²) in [6.07, 6.45) is 4.33. The van der Waals surface area contributed by atoms with E-state index in [2.05, 4.69) is 48.6 Å². The van der Waals surface area contributed by atoms with Gasteiger partial charge in [-0.1, -0.05) is 13.8 Å². The van der Waals surface area contributed by atoms with Crippen molar-refractivity contribution in [1.82, 2.24) is 19.9 Å². The summed E-state index contributed by atoms with van der Waals surface area (Å²) in [5.41, 5.74) is 2.23. The summed E-state index contributed by atoms with van der Waals surface area (Å²) in [5, 5.41) is 3.67. The van der Waals surface area contributed by atoms with Crippen LogP contribution in [0.15, 0.2) is 18.3 Å². The SMILES string of the molecule is CC(C)n1c(C2NCCCC2(C)C)nc2cccnc21. The predicted octanol–water partition coefficient (Wildman–Crippen LogP) is 3.46. The summed E-state index contributed by atoms with van der Waals surface area (Å²) in [7, 11) is 0. The van der Waals surface area contributed by atoms with Crippen molar-refractivity contribution in [3.05, 3.63) is 24.2 Å². The molecule has 0 amide bonds. The average molecular weight is 272 g/mol. The lowest BCUT2D eigenvalue weighted by atomic mass is 9.77. The smallest absolute Gasteiger partial charge is 0.160 e. The van der Waals surface area contributed by atoms with Gasteiger partial charge in [-0.25, -0.2) is 9.97 Å². The first-order valence-corrected chi connectivity index (χ1v) is 7.57. The minimum Gasteiger partial charge on any atom is -0.309 e. The quantitative estimate of drug-likeness (QED) is 0.910. The van der Waals surface area contributed by atoms with E-state index in [9.17, 15) is 0 Å². The van der Waals surface area contributed by atoms with Gasteiger partial charge in [-0.05, 0) is 50.8 Å². The summed E-state index contributed by atoms with van der Waals surface area (Å²) in [5.74, 6) is 1.14. The van der Waals surface area contributed by atoms with Crippen molar-refractivity contribution in [3.8, 4) is 0 Å². The largest absolute Gasteiger partial charge is 0.309 e. The summed E-state index contributed by atoms with van der Waals surface area (Å²) in [4.78, 5) is 9.43. The number of fused-ring (bicyclic) bond motifs is 1. The maximum Gasteiger partial charge on any atom is 0.160 e. The van der Waals surface area contributed by atoms with Crippen molar-refractivity contribution >= 4 is 11.2 Å². The van der Waals surface area contributed by atoms with Crippen LogP contribution < -0.4 is 5.32 Å². The molecule has 0 aromatic carbocycles. The van der Waals surface area contributed by atoms with Gasteiger partial charge in [0.25, 0.3) is 0 Å². The summed E-state index contributed by atoms with van der Waals surface area (Å²) in [6.45, 7) is 10.1. The molecule has 1 atom stereocenters. The van der Waals surface area contributed by atoms with Crippen LogP contribution in [0.1, 0.15) is 58.4 Å². The number of pyridine rings is 1. The number of nitrogens with one attached hydrogen (secondary N) is 1. The van der Waals surface area contributed by atoms with Gasteiger partial charge in [0.05, 0.1) is 6.04 Å².